The van der Waals surface area contributed by atoms with Gasteiger partial charge >= 0.3 is 0 Å². The Morgan fingerprint density at radius 2 is 1.92 bits per heavy atom. The fraction of sp³-hybridized carbons (Fsp3) is 0.278. The molecule has 0 bridgehead atoms. The Kier molecular flexibility index (Phi) is 6.46. The van der Waals surface area contributed by atoms with Gasteiger partial charge in [0.05, 0.1) is 26.5 Å². The fourth-order valence-corrected chi connectivity index (χ4v) is 2.58. The first-order valence-corrected chi connectivity index (χ1v) is 7.92. The number of nitrogens with one attached hydrogen (secondary N) is 2. The Morgan fingerprint density at radius 3 is 2.58 bits per heavy atom. The van der Waals surface area contributed by atoms with Gasteiger partial charge < -0.3 is 20.1 Å². The summed E-state index contributed by atoms with van der Waals surface area (Å²) in [5, 5.41) is 6.65. The molecule has 2 aromatic rings. The summed E-state index contributed by atoms with van der Waals surface area (Å²) < 4.78 is 10.4. The molecule has 0 aliphatic heterocycles. The van der Waals surface area contributed by atoms with E-state index in [1.54, 1.807) is 32.4 Å². The van der Waals surface area contributed by atoms with Gasteiger partial charge in [0.25, 0.3) is 0 Å². The SMILES string of the molecule is COc1ccc(NC(=O)CN[C@@H](C)c2ccccc2Cl)c(OC)c1. The highest BCUT2D eigenvalue weighted by Crippen LogP contribution is 2.29. The van der Waals surface area contributed by atoms with Crippen molar-refractivity contribution in [2.24, 2.45) is 0 Å². The lowest BCUT2D eigenvalue weighted by Gasteiger charge is -2.16. The number of halogens is 1. The van der Waals surface area contributed by atoms with Gasteiger partial charge in [0.2, 0.25) is 5.91 Å². The predicted octanol–water partition coefficient (Wildman–Crippen LogP) is 3.65. The monoisotopic (exact) mass is 348 g/mol. The van der Waals surface area contributed by atoms with E-state index in [-0.39, 0.29) is 18.5 Å². The quantitative estimate of drug-likeness (QED) is 0.802. The minimum absolute atomic E-state index is 0.0396. The standard InChI is InChI=1S/C18H21ClN2O3/c1-12(14-6-4-5-7-15(14)19)20-11-18(22)21-16-9-8-13(23-2)10-17(16)24-3/h4-10,12,20H,11H2,1-3H3,(H,21,22)/t12-/m0/s1. The van der Waals surface area contributed by atoms with Crippen LogP contribution < -0.4 is 20.1 Å². The highest BCUT2D eigenvalue weighted by atomic mass is 35.5. The van der Waals surface area contributed by atoms with E-state index in [1.807, 2.05) is 31.2 Å². The van der Waals surface area contributed by atoms with E-state index in [2.05, 4.69) is 10.6 Å². The molecule has 0 aliphatic rings. The summed E-state index contributed by atoms with van der Waals surface area (Å²) in [5.41, 5.74) is 1.55. The van der Waals surface area contributed by atoms with Crippen LogP contribution in [0.3, 0.4) is 0 Å². The number of carbonyl (C=O) groups is 1. The Hall–Kier alpha value is -2.24. The van der Waals surface area contributed by atoms with Gasteiger partial charge in [0.1, 0.15) is 11.5 Å². The molecular weight excluding hydrogens is 328 g/mol. The zero-order valence-corrected chi connectivity index (χ0v) is 14.7. The van der Waals surface area contributed by atoms with Crippen molar-refractivity contribution in [2.75, 3.05) is 26.1 Å². The Balaban J connectivity index is 1.95. The predicted molar refractivity (Wildman–Crippen MR) is 96.0 cm³/mol. The molecule has 6 heteroatoms. The van der Waals surface area contributed by atoms with Crippen molar-refractivity contribution in [2.45, 2.75) is 13.0 Å². The Labute approximate surface area is 146 Å². The number of methoxy groups -OCH3 is 2. The summed E-state index contributed by atoms with van der Waals surface area (Å²) >= 11 is 6.16. The minimum atomic E-state index is -0.169. The van der Waals surface area contributed by atoms with Crippen LogP contribution in [-0.4, -0.2) is 26.7 Å². The number of rotatable bonds is 7. The number of ether oxygens (including phenoxy) is 2. The second-order valence-electron chi connectivity index (χ2n) is 5.24. The average Bonchev–Trinajstić information content (AvgIpc) is 2.60. The molecule has 0 unspecified atom stereocenters. The zero-order valence-electron chi connectivity index (χ0n) is 13.9. The van der Waals surface area contributed by atoms with Crippen LogP contribution >= 0.6 is 11.6 Å². The number of hydrogen-bond donors (Lipinski definition) is 2. The minimum Gasteiger partial charge on any atom is -0.497 e. The fourth-order valence-electron chi connectivity index (χ4n) is 2.28. The van der Waals surface area contributed by atoms with E-state index in [1.165, 1.54) is 0 Å². The molecule has 0 saturated carbocycles. The lowest BCUT2D eigenvalue weighted by molar-refractivity contribution is -0.115. The average molecular weight is 349 g/mol. The molecule has 0 aromatic heterocycles. The number of hydrogen-bond acceptors (Lipinski definition) is 4. The van der Waals surface area contributed by atoms with Crippen molar-refractivity contribution in [3.63, 3.8) is 0 Å². The first kappa shape index (κ1) is 18.1. The van der Waals surface area contributed by atoms with Gasteiger partial charge in [-0.2, -0.15) is 0 Å². The van der Waals surface area contributed by atoms with Crippen LogP contribution in [0, 0.1) is 0 Å². The number of anilines is 1. The van der Waals surface area contributed by atoms with Crippen LogP contribution in [0.5, 0.6) is 11.5 Å². The molecule has 24 heavy (non-hydrogen) atoms. The van der Waals surface area contributed by atoms with Gasteiger partial charge in [-0.15, -0.1) is 0 Å². The van der Waals surface area contributed by atoms with Crippen molar-refractivity contribution < 1.29 is 14.3 Å². The van der Waals surface area contributed by atoms with E-state index in [9.17, 15) is 4.79 Å². The van der Waals surface area contributed by atoms with E-state index in [0.29, 0.717) is 22.2 Å². The maximum Gasteiger partial charge on any atom is 0.238 e. The molecule has 0 spiro atoms. The Bertz CT molecular complexity index is 706. The maximum atomic E-state index is 12.2. The van der Waals surface area contributed by atoms with Crippen molar-refractivity contribution in [1.82, 2.24) is 5.32 Å². The van der Waals surface area contributed by atoms with Gasteiger partial charge in [0, 0.05) is 17.1 Å². The normalized spacial score (nSPS) is 11.7. The first-order chi connectivity index (χ1) is 11.5. The molecule has 1 amide bonds. The summed E-state index contributed by atoms with van der Waals surface area (Å²) in [7, 11) is 3.12. The van der Waals surface area contributed by atoms with Gasteiger partial charge in [0.15, 0.2) is 0 Å². The highest BCUT2D eigenvalue weighted by Gasteiger charge is 2.12. The highest BCUT2D eigenvalue weighted by molar-refractivity contribution is 6.31. The molecule has 0 aliphatic carbocycles. The van der Waals surface area contributed by atoms with Crippen LogP contribution in [0.2, 0.25) is 5.02 Å². The van der Waals surface area contributed by atoms with Crippen LogP contribution in [0.1, 0.15) is 18.5 Å². The van der Waals surface area contributed by atoms with E-state index in [4.69, 9.17) is 21.1 Å². The third-order valence-electron chi connectivity index (χ3n) is 3.62. The maximum absolute atomic E-state index is 12.2. The van der Waals surface area contributed by atoms with Crippen molar-refractivity contribution >= 4 is 23.2 Å². The summed E-state index contributed by atoms with van der Waals surface area (Å²) in [5.74, 6) is 1.04. The van der Waals surface area contributed by atoms with Crippen LogP contribution in [0.4, 0.5) is 5.69 Å². The van der Waals surface area contributed by atoms with Gasteiger partial charge in [-0.3, -0.25) is 4.79 Å². The first-order valence-electron chi connectivity index (χ1n) is 7.55. The molecule has 128 valence electrons. The largest absolute Gasteiger partial charge is 0.497 e. The number of carbonyl (C=O) groups excluding carboxylic acids is 1. The third kappa shape index (κ3) is 4.63. The summed E-state index contributed by atoms with van der Waals surface area (Å²) in [6.45, 7) is 2.12. The van der Waals surface area contributed by atoms with Crippen molar-refractivity contribution in [3.8, 4) is 11.5 Å². The molecular formula is C18H21ClN2O3. The van der Waals surface area contributed by atoms with Gasteiger partial charge in [-0.1, -0.05) is 29.8 Å². The summed E-state index contributed by atoms with van der Waals surface area (Å²) in [6, 6.07) is 12.7. The summed E-state index contributed by atoms with van der Waals surface area (Å²) in [6.07, 6.45) is 0. The third-order valence-corrected chi connectivity index (χ3v) is 3.97. The molecule has 0 radical (unpaired) electrons. The second-order valence-corrected chi connectivity index (χ2v) is 5.65. The molecule has 5 nitrogen and oxygen atoms in total. The molecule has 0 fully saturated rings. The number of benzene rings is 2. The molecule has 2 aromatic carbocycles. The lowest BCUT2D eigenvalue weighted by Crippen LogP contribution is -2.30. The van der Waals surface area contributed by atoms with E-state index in [0.717, 1.165) is 5.56 Å². The smallest absolute Gasteiger partial charge is 0.238 e. The number of amides is 1. The van der Waals surface area contributed by atoms with Crippen molar-refractivity contribution in [3.05, 3.63) is 53.1 Å². The van der Waals surface area contributed by atoms with E-state index < -0.39 is 0 Å². The van der Waals surface area contributed by atoms with Gasteiger partial charge in [-0.25, -0.2) is 0 Å². The van der Waals surface area contributed by atoms with E-state index >= 15 is 0 Å². The molecule has 2 rings (SSSR count). The molecule has 1 atom stereocenters. The second kappa shape index (κ2) is 8.57. The Morgan fingerprint density at radius 1 is 1.17 bits per heavy atom. The van der Waals surface area contributed by atoms with Gasteiger partial charge in [-0.05, 0) is 30.7 Å². The zero-order chi connectivity index (χ0) is 17.5. The van der Waals surface area contributed by atoms with Crippen LogP contribution in [-0.2, 0) is 4.79 Å². The summed E-state index contributed by atoms with van der Waals surface area (Å²) in [4.78, 5) is 12.2. The van der Waals surface area contributed by atoms with Crippen LogP contribution in [0.25, 0.3) is 0 Å². The van der Waals surface area contributed by atoms with Crippen LogP contribution in [0.15, 0.2) is 42.5 Å². The lowest BCUT2D eigenvalue weighted by atomic mass is 10.1. The topological polar surface area (TPSA) is 59.6 Å². The molecule has 0 heterocycles. The molecule has 0 saturated heterocycles. The molecule has 2 N–H and O–H groups in total. The van der Waals surface area contributed by atoms with Crippen molar-refractivity contribution in [1.29, 1.82) is 0 Å².